The molecule has 0 radical (unpaired) electrons. The third kappa shape index (κ3) is 114. The third-order valence-corrected chi connectivity index (χ3v) is 0.686. The van der Waals surface area contributed by atoms with Crippen LogP contribution >= 0.6 is 24.8 Å². The van der Waals surface area contributed by atoms with Gasteiger partial charge < -0.3 is 23.4 Å². The van der Waals surface area contributed by atoms with Crippen molar-refractivity contribution in [2.45, 2.75) is 32.7 Å². The molecule has 0 fully saturated rings. The number of rotatable bonds is 1. The Labute approximate surface area is 145 Å². The van der Waals surface area contributed by atoms with E-state index in [1.54, 1.807) is 0 Å². The molecule has 0 heterocycles. The minimum absolute atomic E-state index is 0. The number of nitrogens with one attached hydrogen (secondary N) is 1. The summed E-state index contributed by atoms with van der Waals surface area (Å²) in [5, 5.41) is 15.2. The molecule has 0 aromatic rings. The summed E-state index contributed by atoms with van der Waals surface area (Å²) in [5.41, 5.74) is 6.69. The van der Waals surface area contributed by atoms with Crippen molar-refractivity contribution in [2.75, 3.05) is 13.2 Å². The molecule has 0 spiro atoms. The van der Waals surface area contributed by atoms with Gasteiger partial charge in [-0.05, 0) is 0 Å². The summed E-state index contributed by atoms with van der Waals surface area (Å²) in [6, 6.07) is 0. The molecule has 1 rings (SSSR count). The van der Waals surface area contributed by atoms with Gasteiger partial charge in [0.15, 0.2) is 0 Å². The second-order valence-corrected chi connectivity index (χ2v) is 3.70. The fourth-order valence-electron chi connectivity index (χ4n) is 0.340. The van der Waals surface area contributed by atoms with Crippen LogP contribution in [0.15, 0.2) is 18.2 Å². The van der Waals surface area contributed by atoms with Crippen LogP contribution in [0.5, 0.6) is 0 Å². The van der Waals surface area contributed by atoms with Crippen LogP contribution in [0.2, 0.25) is 0 Å². The van der Waals surface area contributed by atoms with Gasteiger partial charge >= 0.3 is 26.8 Å². The molecule has 118 valence electrons. The minimum atomic E-state index is -0.250. The molecular formula is C12H28Cl2NO2SiTi-3. The van der Waals surface area contributed by atoms with E-state index in [2.05, 4.69) is 12.2 Å². The Kier molecular flexibility index (Phi) is 60.6. The zero-order valence-corrected chi connectivity index (χ0v) is 16.9. The first-order valence-corrected chi connectivity index (χ1v) is 8.97. The molecule has 0 saturated carbocycles. The monoisotopic (exact) mass is 364 g/mol. The summed E-state index contributed by atoms with van der Waals surface area (Å²) in [4.78, 5) is 0. The number of hydrogen-bond acceptors (Lipinski definition) is 2. The molecule has 7 heteroatoms. The van der Waals surface area contributed by atoms with Crippen LogP contribution in [0.4, 0.5) is 0 Å². The van der Waals surface area contributed by atoms with Crippen LogP contribution in [0.1, 0.15) is 27.2 Å². The molecule has 0 aromatic carbocycles. The zero-order valence-electron chi connectivity index (χ0n) is 12.3. The summed E-state index contributed by atoms with van der Waals surface area (Å²) < 4.78 is 0. The molecule has 3 nitrogen and oxygen atoms in total. The van der Waals surface area contributed by atoms with Crippen LogP contribution in [0, 0.1) is 13.5 Å². The van der Waals surface area contributed by atoms with Crippen LogP contribution < -0.4 is 0 Å². The fraction of sp³-hybridized carbons (Fsp3) is 0.583. The van der Waals surface area contributed by atoms with E-state index in [1.807, 2.05) is 59.7 Å². The van der Waals surface area contributed by atoms with E-state index in [1.165, 1.54) is 0 Å². The van der Waals surface area contributed by atoms with Crippen LogP contribution in [0.25, 0.3) is 5.73 Å². The number of allylic oxidation sites excluding steroid dienone is 4. The van der Waals surface area contributed by atoms with Crippen molar-refractivity contribution in [3.8, 4) is 0 Å². The van der Waals surface area contributed by atoms with Crippen molar-refractivity contribution in [3.05, 3.63) is 37.5 Å². The maximum absolute atomic E-state index is 7.62. The van der Waals surface area contributed by atoms with Gasteiger partial charge in [-0.1, -0.05) is 20.8 Å². The van der Waals surface area contributed by atoms with Gasteiger partial charge in [0, 0.05) is 0 Å². The predicted octanol–water partition coefficient (Wildman–Crippen LogP) is 2.49. The van der Waals surface area contributed by atoms with Gasteiger partial charge in [-0.3, -0.25) is 6.08 Å². The van der Waals surface area contributed by atoms with E-state index < -0.39 is 0 Å². The summed E-state index contributed by atoms with van der Waals surface area (Å²) in [5.74, 6) is 0. The molecule has 0 unspecified atom stereocenters. The maximum atomic E-state index is 7.62. The first-order chi connectivity index (χ1) is 7.41. The summed E-state index contributed by atoms with van der Waals surface area (Å²) in [6.45, 7) is 5.31. The molecule has 1 aliphatic rings. The first-order valence-electron chi connectivity index (χ1n) is 4.95. The van der Waals surface area contributed by atoms with Gasteiger partial charge in [-0.15, -0.1) is 36.8 Å². The fourth-order valence-corrected chi connectivity index (χ4v) is 0.340. The Morgan fingerprint density at radius 3 is 1.58 bits per heavy atom. The van der Waals surface area contributed by atoms with E-state index in [9.17, 15) is 0 Å². The standard InChI is InChI=1S/C5H5.C4H10N.C2H6O2.CH3.2ClH.H2Si.Ti/c1-2-4-5-3-1;1-4(2,3)5;3-1-2-4;;;;;/h1-3H,4H2;5H,1-3H3;3-4H,1-2H2;1H3;2*1H;1H2;/q2*-1;;-1;;;;. The normalized spacial score (nSPS) is 9.53. The number of aliphatic hydroxyl groups excluding tert-OH is 2. The third-order valence-electron chi connectivity index (χ3n) is 0.686. The Bertz CT molecular complexity index is 171. The number of hydrogen-bond donors (Lipinski definition) is 2. The molecule has 0 bridgehead atoms. The summed E-state index contributed by atoms with van der Waals surface area (Å²) in [7, 11) is 1.86. The van der Waals surface area contributed by atoms with Crippen molar-refractivity contribution in [1.29, 1.82) is 0 Å². The van der Waals surface area contributed by atoms with E-state index in [-0.39, 0.29) is 51.0 Å². The Morgan fingerprint density at radius 1 is 1.21 bits per heavy atom. The SMILES string of the molecule is CC(C)(C)[NH-].Cl.Cl.OCCO.[C-]1=CC=CC1.[CH3-].[SiH2]=[Ti]. The van der Waals surface area contributed by atoms with E-state index in [0.717, 1.165) is 6.42 Å². The average Bonchev–Trinajstić information content (AvgIpc) is 2.76. The predicted molar refractivity (Wildman–Crippen MR) is 89.3 cm³/mol. The van der Waals surface area contributed by atoms with Crippen molar-refractivity contribution in [3.63, 3.8) is 0 Å². The molecule has 19 heavy (non-hydrogen) atoms. The van der Waals surface area contributed by atoms with Crippen LogP contribution in [0.3, 0.4) is 0 Å². The van der Waals surface area contributed by atoms with E-state index >= 15 is 0 Å². The van der Waals surface area contributed by atoms with Crippen molar-refractivity contribution < 1.29 is 29.4 Å². The van der Waals surface area contributed by atoms with Gasteiger partial charge in [0.2, 0.25) is 0 Å². The Morgan fingerprint density at radius 2 is 1.53 bits per heavy atom. The van der Waals surface area contributed by atoms with Gasteiger partial charge in [-0.25, -0.2) is 12.2 Å². The first kappa shape index (κ1) is 36.8. The average molecular weight is 365 g/mol. The second kappa shape index (κ2) is 31.3. The Balaban J connectivity index is -0.0000000293. The molecular weight excluding hydrogens is 337 g/mol. The number of aliphatic hydroxyl groups is 2. The van der Waals surface area contributed by atoms with Crippen LogP contribution in [-0.2, 0) is 19.2 Å². The number of halogens is 2. The molecule has 0 atom stereocenters. The second-order valence-electron chi connectivity index (χ2n) is 3.70. The molecule has 3 N–H and O–H groups in total. The van der Waals surface area contributed by atoms with E-state index in [4.69, 9.17) is 15.9 Å². The van der Waals surface area contributed by atoms with Crippen molar-refractivity contribution >= 4 is 32.4 Å². The van der Waals surface area contributed by atoms with Gasteiger partial charge in [-0.2, -0.15) is 6.08 Å². The molecule has 1 aliphatic carbocycles. The molecule has 0 saturated heterocycles. The van der Waals surface area contributed by atoms with Crippen molar-refractivity contribution in [2.24, 2.45) is 0 Å². The topological polar surface area (TPSA) is 64.3 Å². The Hall–Kier alpha value is 0.871. The summed E-state index contributed by atoms with van der Waals surface area (Å²) in [6.07, 6.45) is 10.0. The molecule has 0 amide bonds. The zero-order chi connectivity index (χ0) is 13.4. The molecule has 0 aliphatic heterocycles. The van der Waals surface area contributed by atoms with Crippen LogP contribution in [-0.4, -0.2) is 36.6 Å². The van der Waals surface area contributed by atoms with Gasteiger partial charge in [0.1, 0.15) is 0 Å². The molecule has 0 aromatic heterocycles. The van der Waals surface area contributed by atoms with Crippen molar-refractivity contribution in [1.82, 2.24) is 0 Å². The van der Waals surface area contributed by atoms with E-state index in [0.29, 0.717) is 0 Å². The van der Waals surface area contributed by atoms with Gasteiger partial charge in [0.25, 0.3) is 0 Å². The summed E-state index contributed by atoms with van der Waals surface area (Å²) >= 11 is 2.03. The quantitative estimate of drug-likeness (QED) is 0.554. The van der Waals surface area contributed by atoms with Gasteiger partial charge in [0.05, 0.1) is 13.2 Å².